The molecule has 0 unspecified atom stereocenters. The molecule has 60 valence electrons. The third-order valence-corrected chi connectivity index (χ3v) is 1.03. The normalized spacial score (nSPS) is 9.00. The van der Waals surface area contributed by atoms with Gasteiger partial charge in [-0.15, -0.1) is 0 Å². The monoisotopic (exact) mass is 165 g/mol. The fraction of sp³-hybridized carbons (Fsp3) is 0. The van der Waals surface area contributed by atoms with Gasteiger partial charge < -0.3 is 0 Å². The maximum Gasteiger partial charge on any atom is 0.273 e. The summed E-state index contributed by atoms with van der Waals surface area (Å²) in [6, 6.07) is 0. The molecule has 0 amide bonds. The van der Waals surface area contributed by atoms with E-state index in [9.17, 15) is 14.4 Å². The minimum absolute atomic E-state index is 0.0773. The molecule has 0 N–H and O–H groups in total. The predicted octanol–water partition coefficient (Wildman–Crippen LogP) is -1.18. The molecule has 0 saturated heterocycles. The van der Waals surface area contributed by atoms with Gasteiger partial charge in [-0.2, -0.15) is 0 Å². The molecule has 1 aromatic rings. The molecule has 1 rings (SSSR count). The number of carbonyl (C=O) groups excluding carboxylic acids is 3. The Morgan fingerprint density at radius 1 is 1.25 bits per heavy atom. The third kappa shape index (κ3) is 1.54. The highest BCUT2D eigenvalue weighted by Crippen LogP contribution is 1.87. The number of aromatic nitrogens is 3. The molecule has 0 aliphatic rings. The van der Waals surface area contributed by atoms with E-state index in [1.165, 1.54) is 0 Å². The van der Waals surface area contributed by atoms with E-state index >= 15 is 0 Å². The van der Waals surface area contributed by atoms with E-state index in [1.807, 2.05) is 0 Å². The maximum absolute atomic E-state index is 10.8. The van der Waals surface area contributed by atoms with Crippen molar-refractivity contribution in [2.24, 2.45) is 0 Å². The fourth-order valence-corrected chi connectivity index (χ4v) is 0.520. The first-order valence-electron chi connectivity index (χ1n) is 2.91. The van der Waals surface area contributed by atoms with Crippen molar-refractivity contribution in [1.29, 1.82) is 0 Å². The van der Waals surface area contributed by atoms with Crippen LogP contribution in [0.15, 0.2) is 12.7 Å². The van der Waals surface area contributed by atoms with Crippen molar-refractivity contribution in [3.63, 3.8) is 0 Å². The van der Waals surface area contributed by atoms with Gasteiger partial charge in [-0.1, -0.05) is 0 Å². The van der Waals surface area contributed by atoms with Crippen molar-refractivity contribution < 1.29 is 14.4 Å². The van der Waals surface area contributed by atoms with E-state index in [2.05, 4.69) is 15.0 Å². The highest BCUT2D eigenvalue weighted by atomic mass is 16.2. The molecule has 0 spiro atoms. The lowest BCUT2D eigenvalue weighted by atomic mass is 10.3. The molecule has 12 heavy (non-hydrogen) atoms. The first-order chi connectivity index (χ1) is 5.75. The molecule has 0 bridgehead atoms. The van der Waals surface area contributed by atoms with Crippen LogP contribution in [0.2, 0.25) is 0 Å². The van der Waals surface area contributed by atoms with Crippen LogP contribution in [-0.4, -0.2) is 32.8 Å². The van der Waals surface area contributed by atoms with Crippen molar-refractivity contribution in [3.8, 4) is 0 Å². The number of carbonyl (C=O) groups is 3. The molecule has 1 aromatic heterocycles. The summed E-state index contributed by atoms with van der Waals surface area (Å²) in [5.74, 6) is -2.50. The minimum Gasteiger partial charge on any atom is -0.294 e. The molecule has 6 heteroatoms. The average molecular weight is 165 g/mol. The summed E-state index contributed by atoms with van der Waals surface area (Å²) in [5, 5.41) is 0. The minimum atomic E-state index is -1.17. The van der Waals surface area contributed by atoms with Crippen molar-refractivity contribution in [2.45, 2.75) is 0 Å². The Morgan fingerprint density at radius 3 is 2.33 bits per heavy atom. The number of aldehydes is 1. The molecule has 6 nitrogen and oxygen atoms in total. The van der Waals surface area contributed by atoms with Crippen LogP contribution < -0.4 is 0 Å². The predicted molar refractivity (Wildman–Crippen MR) is 35.2 cm³/mol. The quantitative estimate of drug-likeness (QED) is 0.242. The Hall–Kier alpha value is -1.98. The average Bonchev–Trinajstić information content (AvgIpc) is 2.17. The number of hydrogen-bond donors (Lipinski definition) is 0. The lowest BCUT2D eigenvalue weighted by molar-refractivity contribution is -0.126. The lowest BCUT2D eigenvalue weighted by Gasteiger charge is -1.89. The molecule has 0 atom stereocenters. The number of rotatable bonds is 3. The highest BCUT2D eigenvalue weighted by molar-refractivity contribution is 6.61. The van der Waals surface area contributed by atoms with Crippen molar-refractivity contribution in [3.05, 3.63) is 18.5 Å². The topological polar surface area (TPSA) is 89.9 Å². The standard InChI is InChI=1S/C6H3N3O3/c10-1-4(11)5(12)6-8-2-7-3-9-6/h1-3H. The highest BCUT2D eigenvalue weighted by Gasteiger charge is 2.17. The third-order valence-electron chi connectivity index (χ3n) is 1.03. The van der Waals surface area contributed by atoms with E-state index in [4.69, 9.17) is 0 Å². The molecular weight excluding hydrogens is 162 g/mol. The Kier molecular flexibility index (Phi) is 2.32. The molecule has 0 radical (unpaired) electrons. The lowest BCUT2D eigenvalue weighted by Crippen LogP contribution is -2.17. The molecule has 1 heterocycles. The number of Topliss-reactive ketones (excluding diaryl/α,β-unsaturated/α-hetero) is 2. The Bertz CT molecular complexity index is 322. The van der Waals surface area contributed by atoms with Gasteiger partial charge in [0.15, 0.2) is 6.29 Å². The second-order valence-electron chi connectivity index (χ2n) is 1.77. The van der Waals surface area contributed by atoms with Crippen LogP contribution >= 0.6 is 0 Å². The first kappa shape index (κ1) is 8.12. The fourth-order valence-electron chi connectivity index (χ4n) is 0.520. The second kappa shape index (κ2) is 3.42. The molecule has 0 aliphatic heterocycles. The maximum atomic E-state index is 10.8. The van der Waals surface area contributed by atoms with Gasteiger partial charge in [-0.05, 0) is 0 Å². The van der Waals surface area contributed by atoms with Crippen LogP contribution in [0.4, 0.5) is 0 Å². The van der Waals surface area contributed by atoms with E-state index in [1.54, 1.807) is 0 Å². The van der Waals surface area contributed by atoms with Crippen LogP contribution in [0, 0.1) is 0 Å². The zero-order valence-electron chi connectivity index (χ0n) is 5.80. The van der Waals surface area contributed by atoms with Crippen molar-refractivity contribution >= 4 is 17.9 Å². The number of ketones is 2. The van der Waals surface area contributed by atoms with E-state index in [-0.39, 0.29) is 12.1 Å². The summed E-state index contributed by atoms with van der Waals surface area (Å²) in [4.78, 5) is 41.4. The van der Waals surface area contributed by atoms with Gasteiger partial charge in [0, 0.05) is 0 Å². The van der Waals surface area contributed by atoms with E-state index in [0.29, 0.717) is 0 Å². The van der Waals surface area contributed by atoms with Crippen molar-refractivity contribution in [1.82, 2.24) is 15.0 Å². The van der Waals surface area contributed by atoms with Crippen LogP contribution in [0.3, 0.4) is 0 Å². The van der Waals surface area contributed by atoms with Crippen LogP contribution in [-0.2, 0) is 9.59 Å². The SMILES string of the molecule is O=CC(=O)C(=O)c1ncncn1. The van der Waals surface area contributed by atoms with Gasteiger partial charge in [0.1, 0.15) is 12.7 Å². The molecule has 0 fully saturated rings. The summed E-state index contributed by atoms with van der Waals surface area (Å²) in [7, 11) is 0. The van der Waals surface area contributed by atoms with Gasteiger partial charge in [0.25, 0.3) is 11.6 Å². The molecular formula is C6H3N3O3. The second-order valence-corrected chi connectivity index (χ2v) is 1.77. The first-order valence-corrected chi connectivity index (χ1v) is 2.91. The van der Waals surface area contributed by atoms with Gasteiger partial charge in [0.2, 0.25) is 5.82 Å². The Labute approximate surface area is 66.7 Å². The summed E-state index contributed by atoms with van der Waals surface area (Å²) in [5.41, 5.74) is 0. The van der Waals surface area contributed by atoms with E-state index < -0.39 is 11.6 Å². The largest absolute Gasteiger partial charge is 0.294 e. The zero-order chi connectivity index (χ0) is 8.97. The van der Waals surface area contributed by atoms with Gasteiger partial charge in [-0.25, -0.2) is 15.0 Å². The number of hydrogen-bond acceptors (Lipinski definition) is 6. The van der Waals surface area contributed by atoms with Crippen LogP contribution in [0.25, 0.3) is 0 Å². The Morgan fingerprint density at radius 2 is 1.83 bits per heavy atom. The number of nitrogens with zero attached hydrogens (tertiary/aromatic N) is 3. The van der Waals surface area contributed by atoms with Gasteiger partial charge in [0.05, 0.1) is 0 Å². The summed E-state index contributed by atoms with van der Waals surface area (Å²) < 4.78 is 0. The van der Waals surface area contributed by atoms with Crippen molar-refractivity contribution in [2.75, 3.05) is 0 Å². The van der Waals surface area contributed by atoms with Gasteiger partial charge >= 0.3 is 0 Å². The smallest absolute Gasteiger partial charge is 0.273 e. The molecule has 0 saturated carbocycles. The summed E-state index contributed by atoms with van der Waals surface area (Å²) >= 11 is 0. The molecule has 0 aliphatic carbocycles. The summed E-state index contributed by atoms with van der Waals surface area (Å²) in [6.45, 7) is 0. The zero-order valence-corrected chi connectivity index (χ0v) is 5.80. The molecule has 0 aromatic carbocycles. The van der Waals surface area contributed by atoms with E-state index in [0.717, 1.165) is 12.7 Å². The van der Waals surface area contributed by atoms with Gasteiger partial charge in [-0.3, -0.25) is 14.4 Å². The Balaban J connectivity index is 2.93. The van der Waals surface area contributed by atoms with Crippen LogP contribution in [0.1, 0.15) is 10.6 Å². The van der Waals surface area contributed by atoms with Crippen LogP contribution in [0.5, 0.6) is 0 Å². The summed E-state index contributed by atoms with van der Waals surface area (Å²) in [6.07, 6.45) is 2.06.